The molecule has 0 saturated heterocycles. The Morgan fingerprint density at radius 3 is 2.53 bits per heavy atom. The number of rotatable bonds is 3. The molecule has 0 aliphatic carbocycles. The number of thioether (sulfide) groups is 1. The summed E-state index contributed by atoms with van der Waals surface area (Å²) in [5.74, 6) is -0.842. The maximum atomic E-state index is 11.8. The van der Waals surface area contributed by atoms with Crippen LogP contribution in [0.3, 0.4) is 0 Å². The van der Waals surface area contributed by atoms with E-state index in [2.05, 4.69) is 5.32 Å². The zero-order valence-corrected chi connectivity index (χ0v) is 11.3. The molecule has 3 amide bonds. The highest BCUT2D eigenvalue weighted by Crippen LogP contribution is 2.35. The van der Waals surface area contributed by atoms with Crippen molar-refractivity contribution in [1.29, 1.82) is 0 Å². The molecule has 98 valence electrons. The quantitative estimate of drug-likeness (QED) is 0.852. The van der Waals surface area contributed by atoms with Gasteiger partial charge >= 0.3 is 0 Å². The maximum Gasteiger partial charge on any atom is 0.267 e. The lowest BCUT2D eigenvalue weighted by molar-refractivity contribution is -0.135. The third-order valence-electron chi connectivity index (χ3n) is 2.52. The van der Waals surface area contributed by atoms with E-state index in [0.717, 1.165) is 9.80 Å². The summed E-state index contributed by atoms with van der Waals surface area (Å²) in [5.41, 5.74) is 0.621. The molecule has 1 aromatic rings. The molecule has 2 rings (SSSR count). The molecular weight excluding hydrogens is 264 g/mol. The number of amides is 3. The first-order valence-electron chi connectivity index (χ1n) is 5.57. The van der Waals surface area contributed by atoms with E-state index in [0.29, 0.717) is 10.6 Å². The molecular formula is C13H12N2O3S. The Morgan fingerprint density at radius 1 is 1.26 bits per heavy atom. The highest BCUT2D eigenvalue weighted by molar-refractivity contribution is 8.04. The largest absolute Gasteiger partial charge is 0.325 e. The van der Waals surface area contributed by atoms with Crippen molar-refractivity contribution in [3.05, 3.63) is 35.2 Å². The van der Waals surface area contributed by atoms with E-state index < -0.39 is 0 Å². The lowest BCUT2D eigenvalue weighted by atomic mass is 10.3. The van der Waals surface area contributed by atoms with Crippen molar-refractivity contribution in [1.82, 2.24) is 4.90 Å². The van der Waals surface area contributed by atoms with Crippen LogP contribution in [-0.2, 0) is 14.4 Å². The van der Waals surface area contributed by atoms with Crippen LogP contribution < -0.4 is 5.32 Å². The molecule has 0 spiro atoms. The molecule has 0 atom stereocenters. The van der Waals surface area contributed by atoms with Crippen molar-refractivity contribution in [2.75, 3.05) is 12.4 Å². The monoisotopic (exact) mass is 276 g/mol. The number of likely N-dealkylation sites (N-methyl/N-ethyl adjacent to an activating group) is 1. The van der Waals surface area contributed by atoms with Gasteiger partial charge in [-0.15, -0.1) is 0 Å². The summed E-state index contributed by atoms with van der Waals surface area (Å²) in [6.07, 6.45) is 1.30. The molecule has 0 aromatic heterocycles. The number of hydrogen-bond donors (Lipinski definition) is 1. The maximum absolute atomic E-state index is 11.8. The summed E-state index contributed by atoms with van der Waals surface area (Å²) in [5, 5.41) is 2.69. The van der Waals surface area contributed by atoms with Crippen LogP contribution in [0.1, 0.15) is 6.92 Å². The zero-order chi connectivity index (χ0) is 14.0. The predicted octanol–water partition coefficient (Wildman–Crippen LogP) is 1.62. The molecule has 0 saturated carbocycles. The normalized spacial score (nSPS) is 14.6. The van der Waals surface area contributed by atoms with Gasteiger partial charge in [-0.1, -0.05) is 23.9 Å². The molecule has 0 fully saturated rings. The van der Waals surface area contributed by atoms with Crippen LogP contribution in [-0.4, -0.2) is 29.7 Å². The summed E-state index contributed by atoms with van der Waals surface area (Å²) in [6.45, 7) is 1.42. The fraction of sp³-hybridized carbons (Fsp3) is 0.154. The second-order valence-electron chi connectivity index (χ2n) is 3.99. The van der Waals surface area contributed by atoms with Crippen LogP contribution in [0.2, 0.25) is 0 Å². The first-order valence-corrected chi connectivity index (χ1v) is 6.39. The van der Waals surface area contributed by atoms with Gasteiger partial charge in [0, 0.05) is 24.9 Å². The number of anilines is 1. The van der Waals surface area contributed by atoms with Gasteiger partial charge in [-0.3, -0.25) is 19.3 Å². The van der Waals surface area contributed by atoms with Crippen molar-refractivity contribution in [3.8, 4) is 0 Å². The minimum absolute atomic E-state index is 0.187. The summed E-state index contributed by atoms with van der Waals surface area (Å²) in [4.78, 5) is 36.4. The Morgan fingerprint density at radius 2 is 1.95 bits per heavy atom. The van der Waals surface area contributed by atoms with Crippen LogP contribution >= 0.6 is 11.8 Å². The van der Waals surface area contributed by atoms with Crippen molar-refractivity contribution in [3.63, 3.8) is 0 Å². The van der Waals surface area contributed by atoms with Crippen LogP contribution in [0.15, 0.2) is 40.1 Å². The number of benzene rings is 1. The Balaban J connectivity index is 2.25. The van der Waals surface area contributed by atoms with Crippen molar-refractivity contribution >= 4 is 35.2 Å². The van der Waals surface area contributed by atoms with Gasteiger partial charge in [0.15, 0.2) is 0 Å². The van der Waals surface area contributed by atoms with E-state index >= 15 is 0 Å². The van der Waals surface area contributed by atoms with Gasteiger partial charge in [-0.2, -0.15) is 0 Å². The number of hydrogen-bond acceptors (Lipinski definition) is 4. The van der Waals surface area contributed by atoms with Gasteiger partial charge in [-0.25, -0.2) is 0 Å². The molecule has 1 aliphatic rings. The molecule has 1 aliphatic heterocycles. The van der Waals surface area contributed by atoms with Crippen LogP contribution in [0.25, 0.3) is 0 Å². The predicted molar refractivity (Wildman–Crippen MR) is 72.5 cm³/mol. The molecule has 19 heavy (non-hydrogen) atoms. The summed E-state index contributed by atoms with van der Waals surface area (Å²) < 4.78 is 0. The van der Waals surface area contributed by atoms with Gasteiger partial charge in [-0.05, 0) is 12.1 Å². The van der Waals surface area contributed by atoms with Crippen molar-refractivity contribution in [2.24, 2.45) is 0 Å². The number of carbonyl (C=O) groups excluding carboxylic acids is 3. The highest BCUT2D eigenvalue weighted by Gasteiger charge is 2.28. The van der Waals surface area contributed by atoms with Crippen molar-refractivity contribution < 1.29 is 14.4 Å². The van der Waals surface area contributed by atoms with Gasteiger partial charge < -0.3 is 5.32 Å². The topological polar surface area (TPSA) is 66.5 Å². The van der Waals surface area contributed by atoms with E-state index in [9.17, 15) is 14.4 Å². The van der Waals surface area contributed by atoms with Crippen LogP contribution in [0.4, 0.5) is 5.69 Å². The molecule has 1 N–H and O–H groups in total. The second-order valence-corrected chi connectivity index (χ2v) is 5.07. The van der Waals surface area contributed by atoms with E-state index in [-0.39, 0.29) is 17.7 Å². The molecule has 1 aromatic carbocycles. The Hall–Kier alpha value is -2.08. The Kier molecular flexibility index (Phi) is 3.71. The number of para-hydroxylation sites is 1. The fourth-order valence-electron chi connectivity index (χ4n) is 1.58. The first kappa shape index (κ1) is 13.4. The molecule has 0 radical (unpaired) electrons. The zero-order valence-electron chi connectivity index (χ0n) is 10.5. The average molecular weight is 276 g/mol. The standard InChI is InChI=1S/C13H12N2O3S/c1-8(16)14-9-5-3-4-6-10(9)19-11-7-12(17)15(2)13(11)18/h3-7H,1-2H3,(H,14,16). The fourth-order valence-corrected chi connectivity index (χ4v) is 2.57. The molecule has 0 unspecified atom stereocenters. The third-order valence-corrected chi connectivity index (χ3v) is 3.61. The van der Waals surface area contributed by atoms with Gasteiger partial charge in [0.25, 0.3) is 11.8 Å². The molecule has 0 bridgehead atoms. The first-order chi connectivity index (χ1) is 8.99. The minimum Gasteiger partial charge on any atom is -0.325 e. The Bertz CT molecular complexity index is 595. The lowest BCUT2D eigenvalue weighted by Crippen LogP contribution is -2.25. The van der Waals surface area contributed by atoms with Gasteiger partial charge in [0.2, 0.25) is 5.91 Å². The van der Waals surface area contributed by atoms with Crippen LogP contribution in [0, 0.1) is 0 Å². The number of nitrogens with one attached hydrogen (secondary N) is 1. The number of imide groups is 1. The Labute approximate surface area is 114 Å². The van der Waals surface area contributed by atoms with E-state index in [1.54, 1.807) is 24.3 Å². The summed E-state index contributed by atoms with van der Waals surface area (Å²) >= 11 is 1.17. The van der Waals surface area contributed by atoms with Crippen LogP contribution in [0.5, 0.6) is 0 Å². The third kappa shape index (κ3) is 2.85. The lowest BCUT2D eigenvalue weighted by Gasteiger charge is -2.10. The van der Waals surface area contributed by atoms with Gasteiger partial charge in [0.1, 0.15) is 0 Å². The van der Waals surface area contributed by atoms with E-state index in [1.807, 2.05) is 0 Å². The number of nitrogens with zero attached hydrogens (tertiary/aromatic N) is 1. The molecule has 6 heteroatoms. The summed E-state index contributed by atoms with van der Waals surface area (Å²) in [7, 11) is 1.44. The number of carbonyl (C=O) groups is 3. The molecule has 5 nitrogen and oxygen atoms in total. The second kappa shape index (κ2) is 5.27. The SMILES string of the molecule is CC(=O)Nc1ccccc1SC1=CC(=O)N(C)C1=O. The molecule has 1 heterocycles. The summed E-state index contributed by atoms with van der Waals surface area (Å²) in [6, 6.07) is 7.12. The smallest absolute Gasteiger partial charge is 0.267 e. The average Bonchev–Trinajstić information content (AvgIpc) is 2.59. The highest BCUT2D eigenvalue weighted by atomic mass is 32.2. The van der Waals surface area contributed by atoms with Gasteiger partial charge in [0.05, 0.1) is 10.6 Å². The minimum atomic E-state index is -0.329. The van der Waals surface area contributed by atoms with E-state index in [4.69, 9.17) is 0 Å². The van der Waals surface area contributed by atoms with Crippen molar-refractivity contribution in [2.45, 2.75) is 11.8 Å². The van der Waals surface area contributed by atoms with E-state index in [1.165, 1.54) is 31.8 Å².